The van der Waals surface area contributed by atoms with Crippen LogP contribution in [0.25, 0.3) is 0 Å². The van der Waals surface area contributed by atoms with Gasteiger partial charge in [0.25, 0.3) is 0 Å². The van der Waals surface area contributed by atoms with E-state index in [0.29, 0.717) is 6.10 Å². The van der Waals surface area contributed by atoms with Crippen LogP contribution in [0.4, 0.5) is 5.69 Å². The average Bonchev–Trinajstić information content (AvgIpc) is 3.01. The molecule has 0 spiro atoms. The molecule has 2 rings (SSSR count). The average molecular weight is 193 g/mol. The van der Waals surface area contributed by atoms with Crippen LogP contribution in [0.5, 0.6) is 11.5 Å². The second kappa shape index (κ2) is 3.78. The summed E-state index contributed by atoms with van der Waals surface area (Å²) < 4.78 is 10.9. The summed E-state index contributed by atoms with van der Waals surface area (Å²) in [7, 11) is 3.54. The van der Waals surface area contributed by atoms with Gasteiger partial charge in [0.2, 0.25) is 0 Å². The van der Waals surface area contributed by atoms with Crippen molar-refractivity contribution in [2.75, 3.05) is 19.5 Å². The van der Waals surface area contributed by atoms with Crippen molar-refractivity contribution in [1.29, 1.82) is 0 Å². The first-order chi connectivity index (χ1) is 6.83. The van der Waals surface area contributed by atoms with E-state index in [2.05, 4.69) is 5.32 Å². The fraction of sp³-hybridized carbons (Fsp3) is 0.455. The quantitative estimate of drug-likeness (QED) is 0.795. The summed E-state index contributed by atoms with van der Waals surface area (Å²) in [5, 5.41) is 3.08. The Kier molecular flexibility index (Phi) is 2.48. The van der Waals surface area contributed by atoms with Gasteiger partial charge in [-0.2, -0.15) is 0 Å². The van der Waals surface area contributed by atoms with Crippen LogP contribution in [0.3, 0.4) is 0 Å². The second-order valence-electron chi connectivity index (χ2n) is 3.43. The fourth-order valence-corrected chi connectivity index (χ4v) is 1.33. The zero-order chi connectivity index (χ0) is 9.97. The minimum absolute atomic E-state index is 0.438. The van der Waals surface area contributed by atoms with Gasteiger partial charge in [0.05, 0.1) is 18.9 Å². The number of anilines is 1. The summed E-state index contributed by atoms with van der Waals surface area (Å²) in [5.74, 6) is 1.76. The molecule has 14 heavy (non-hydrogen) atoms. The lowest BCUT2D eigenvalue weighted by Crippen LogP contribution is -1.98. The van der Waals surface area contributed by atoms with Crippen molar-refractivity contribution in [2.45, 2.75) is 18.9 Å². The molecule has 0 heterocycles. The molecule has 1 aromatic rings. The Morgan fingerprint density at radius 1 is 1.36 bits per heavy atom. The monoisotopic (exact) mass is 193 g/mol. The molecule has 0 aromatic heterocycles. The molecular weight excluding hydrogens is 178 g/mol. The molecule has 0 radical (unpaired) electrons. The summed E-state index contributed by atoms with van der Waals surface area (Å²) in [6.45, 7) is 0. The first kappa shape index (κ1) is 9.19. The first-order valence-electron chi connectivity index (χ1n) is 4.86. The molecule has 1 aromatic carbocycles. The molecule has 0 atom stereocenters. The smallest absolute Gasteiger partial charge is 0.142 e. The van der Waals surface area contributed by atoms with Crippen LogP contribution in [0, 0.1) is 0 Å². The van der Waals surface area contributed by atoms with Crippen molar-refractivity contribution in [1.82, 2.24) is 0 Å². The number of rotatable bonds is 4. The Hall–Kier alpha value is -1.38. The maximum atomic E-state index is 5.67. The van der Waals surface area contributed by atoms with Crippen molar-refractivity contribution in [3.8, 4) is 11.5 Å². The van der Waals surface area contributed by atoms with Crippen molar-refractivity contribution in [3.63, 3.8) is 0 Å². The molecule has 1 aliphatic carbocycles. The lowest BCUT2D eigenvalue weighted by molar-refractivity contribution is 0.302. The van der Waals surface area contributed by atoms with E-state index in [1.807, 2.05) is 25.2 Å². The molecule has 76 valence electrons. The van der Waals surface area contributed by atoms with E-state index >= 15 is 0 Å². The minimum atomic E-state index is 0.438. The lowest BCUT2D eigenvalue weighted by Gasteiger charge is -2.10. The van der Waals surface area contributed by atoms with Crippen molar-refractivity contribution >= 4 is 5.69 Å². The molecule has 3 nitrogen and oxygen atoms in total. The van der Waals surface area contributed by atoms with Crippen molar-refractivity contribution < 1.29 is 9.47 Å². The third-order valence-electron chi connectivity index (χ3n) is 2.27. The number of ether oxygens (including phenoxy) is 2. The predicted molar refractivity (Wildman–Crippen MR) is 56.2 cm³/mol. The maximum absolute atomic E-state index is 5.67. The normalized spacial score (nSPS) is 15.0. The van der Waals surface area contributed by atoms with E-state index in [9.17, 15) is 0 Å². The third-order valence-corrected chi connectivity index (χ3v) is 2.27. The molecule has 0 aliphatic heterocycles. The van der Waals surface area contributed by atoms with E-state index in [4.69, 9.17) is 9.47 Å². The molecule has 1 saturated carbocycles. The van der Waals surface area contributed by atoms with Gasteiger partial charge in [0.1, 0.15) is 11.5 Å². The SMILES string of the molecule is CNc1cc(OC2CC2)ccc1OC. The Labute approximate surface area is 84.0 Å². The summed E-state index contributed by atoms with van der Waals surface area (Å²) in [6, 6.07) is 5.83. The molecule has 0 amide bonds. The highest BCUT2D eigenvalue weighted by atomic mass is 16.5. The van der Waals surface area contributed by atoms with E-state index in [0.717, 1.165) is 17.2 Å². The molecule has 0 bridgehead atoms. The van der Waals surface area contributed by atoms with E-state index < -0.39 is 0 Å². The Bertz CT molecular complexity index is 321. The van der Waals surface area contributed by atoms with Crippen molar-refractivity contribution in [3.05, 3.63) is 18.2 Å². The standard InChI is InChI=1S/C11H15NO2/c1-12-10-7-9(14-8-3-4-8)5-6-11(10)13-2/h5-8,12H,3-4H2,1-2H3. The molecule has 1 fully saturated rings. The molecule has 0 unspecified atom stereocenters. The van der Waals surface area contributed by atoms with Crippen LogP contribution in [0.15, 0.2) is 18.2 Å². The highest BCUT2D eigenvalue weighted by Crippen LogP contribution is 2.32. The first-order valence-corrected chi connectivity index (χ1v) is 4.86. The topological polar surface area (TPSA) is 30.5 Å². The van der Waals surface area contributed by atoms with Gasteiger partial charge in [-0.1, -0.05) is 0 Å². The van der Waals surface area contributed by atoms with Gasteiger partial charge in [-0.3, -0.25) is 0 Å². The van der Waals surface area contributed by atoms with Crippen LogP contribution in [0.1, 0.15) is 12.8 Å². The van der Waals surface area contributed by atoms with Crippen LogP contribution in [-0.2, 0) is 0 Å². The van der Waals surface area contributed by atoms with Crippen LogP contribution in [-0.4, -0.2) is 20.3 Å². The van der Waals surface area contributed by atoms with Crippen LogP contribution in [0.2, 0.25) is 0 Å². The third kappa shape index (κ3) is 1.92. The zero-order valence-corrected chi connectivity index (χ0v) is 8.54. The number of benzene rings is 1. The second-order valence-corrected chi connectivity index (χ2v) is 3.43. The molecule has 0 saturated heterocycles. The summed E-state index contributed by atoms with van der Waals surface area (Å²) in [6.07, 6.45) is 2.80. The molecular formula is C11H15NO2. The lowest BCUT2D eigenvalue weighted by atomic mass is 10.2. The fourth-order valence-electron chi connectivity index (χ4n) is 1.33. The van der Waals surface area contributed by atoms with E-state index in [-0.39, 0.29) is 0 Å². The van der Waals surface area contributed by atoms with Crippen LogP contribution >= 0.6 is 0 Å². The highest BCUT2D eigenvalue weighted by molar-refractivity contribution is 5.59. The van der Waals surface area contributed by atoms with Gasteiger partial charge in [-0.05, 0) is 25.0 Å². The van der Waals surface area contributed by atoms with Crippen LogP contribution < -0.4 is 14.8 Å². The van der Waals surface area contributed by atoms with Gasteiger partial charge in [0.15, 0.2) is 0 Å². The Morgan fingerprint density at radius 2 is 2.14 bits per heavy atom. The molecule has 1 N–H and O–H groups in total. The predicted octanol–water partition coefficient (Wildman–Crippen LogP) is 2.28. The summed E-state index contributed by atoms with van der Waals surface area (Å²) >= 11 is 0. The maximum Gasteiger partial charge on any atom is 0.142 e. The molecule has 1 aliphatic rings. The van der Waals surface area contributed by atoms with Gasteiger partial charge >= 0.3 is 0 Å². The van der Waals surface area contributed by atoms with Gasteiger partial charge in [-0.15, -0.1) is 0 Å². The Balaban J connectivity index is 2.16. The van der Waals surface area contributed by atoms with E-state index in [1.54, 1.807) is 7.11 Å². The summed E-state index contributed by atoms with van der Waals surface area (Å²) in [5.41, 5.74) is 0.964. The number of hydrogen-bond donors (Lipinski definition) is 1. The Morgan fingerprint density at radius 3 is 2.71 bits per heavy atom. The minimum Gasteiger partial charge on any atom is -0.495 e. The number of hydrogen-bond acceptors (Lipinski definition) is 3. The zero-order valence-electron chi connectivity index (χ0n) is 8.54. The summed E-state index contributed by atoms with van der Waals surface area (Å²) in [4.78, 5) is 0. The van der Waals surface area contributed by atoms with Gasteiger partial charge in [0, 0.05) is 13.1 Å². The van der Waals surface area contributed by atoms with Crippen molar-refractivity contribution in [2.24, 2.45) is 0 Å². The highest BCUT2D eigenvalue weighted by Gasteiger charge is 2.23. The van der Waals surface area contributed by atoms with Gasteiger partial charge < -0.3 is 14.8 Å². The molecule has 3 heteroatoms. The number of nitrogens with one attached hydrogen (secondary N) is 1. The van der Waals surface area contributed by atoms with Gasteiger partial charge in [-0.25, -0.2) is 0 Å². The largest absolute Gasteiger partial charge is 0.495 e. The number of methoxy groups -OCH3 is 1. The van der Waals surface area contributed by atoms with E-state index in [1.165, 1.54) is 12.8 Å².